The van der Waals surface area contributed by atoms with Gasteiger partial charge in [0.15, 0.2) is 0 Å². The summed E-state index contributed by atoms with van der Waals surface area (Å²) in [6.45, 7) is 3.28. The maximum Gasteiger partial charge on any atom is 0.149 e. The highest BCUT2D eigenvalue weighted by Crippen LogP contribution is 2.36. The van der Waals surface area contributed by atoms with Crippen LogP contribution in [0.25, 0.3) is 0 Å². The van der Waals surface area contributed by atoms with Crippen LogP contribution in [0.15, 0.2) is 42.7 Å². The largest absolute Gasteiger partial charge is 0.348 e. The lowest BCUT2D eigenvalue weighted by molar-refractivity contribution is 0.379. The number of hydrogen-bond acceptors (Lipinski definition) is 3. The molecule has 0 bridgehead atoms. The third-order valence-corrected chi connectivity index (χ3v) is 4.07. The molecule has 1 aromatic carbocycles. The molecule has 0 saturated carbocycles. The van der Waals surface area contributed by atoms with Gasteiger partial charge in [0.25, 0.3) is 0 Å². The number of anilines is 1. The summed E-state index contributed by atoms with van der Waals surface area (Å²) in [5.74, 6) is 1.54. The molecule has 1 aromatic heterocycles. The van der Waals surface area contributed by atoms with E-state index in [1.165, 1.54) is 12.0 Å². The molecular weight excluding hydrogens is 270 g/mol. The fourth-order valence-corrected chi connectivity index (χ4v) is 3.04. The minimum Gasteiger partial charge on any atom is -0.348 e. The molecular formula is C16H18ClN3. The Bertz CT molecular complexity index is 573. The van der Waals surface area contributed by atoms with E-state index in [-0.39, 0.29) is 0 Å². The van der Waals surface area contributed by atoms with Gasteiger partial charge in [0.2, 0.25) is 0 Å². The molecule has 0 spiro atoms. The fourth-order valence-electron chi connectivity index (χ4n) is 2.90. The third-order valence-electron chi connectivity index (χ3n) is 3.89. The van der Waals surface area contributed by atoms with Gasteiger partial charge in [-0.1, -0.05) is 48.9 Å². The van der Waals surface area contributed by atoms with E-state index in [0.29, 0.717) is 17.1 Å². The van der Waals surface area contributed by atoms with Gasteiger partial charge < -0.3 is 4.90 Å². The molecule has 3 nitrogen and oxygen atoms in total. The monoisotopic (exact) mass is 287 g/mol. The molecule has 2 atom stereocenters. The lowest BCUT2D eigenvalue weighted by Gasteiger charge is -2.39. The minimum absolute atomic E-state index is 0.361. The number of piperidine rings is 1. The predicted octanol–water partition coefficient (Wildman–Crippen LogP) is 4.11. The zero-order chi connectivity index (χ0) is 13.9. The Morgan fingerprint density at radius 1 is 1.15 bits per heavy atom. The first-order valence-corrected chi connectivity index (χ1v) is 7.41. The highest BCUT2D eigenvalue weighted by atomic mass is 35.5. The van der Waals surface area contributed by atoms with Crippen molar-refractivity contribution >= 4 is 17.4 Å². The Hall–Kier alpha value is -1.61. The van der Waals surface area contributed by atoms with Gasteiger partial charge in [0.05, 0.1) is 18.4 Å². The number of hydrogen-bond donors (Lipinski definition) is 0. The summed E-state index contributed by atoms with van der Waals surface area (Å²) in [4.78, 5) is 10.9. The summed E-state index contributed by atoms with van der Waals surface area (Å²) in [5, 5.41) is 0.451. The van der Waals surface area contributed by atoms with Gasteiger partial charge in [-0.25, -0.2) is 4.98 Å². The van der Waals surface area contributed by atoms with E-state index in [0.717, 1.165) is 18.8 Å². The number of benzene rings is 1. The van der Waals surface area contributed by atoms with Crippen molar-refractivity contribution in [3.63, 3.8) is 0 Å². The maximum atomic E-state index is 5.99. The summed E-state index contributed by atoms with van der Waals surface area (Å²) in [6, 6.07) is 11.0. The average molecular weight is 288 g/mol. The van der Waals surface area contributed by atoms with Crippen molar-refractivity contribution in [2.45, 2.75) is 25.8 Å². The van der Waals surface area contributed by atoms with Crippen molar-refractivity contribution in [1.29, 1.82) is 0 Å². The van der Waals surface area contributed by atoms with E-state index < -0.39 is 0 Å². The molecule has 2 unspecified atom stereocenters. The van der Waals surface area contributed by atoms with Crippen molar-refractivity contribution in [3.05, 3.63) is 53.4 Å². The number of aromatic nitrogens is 2. The third kappa shape index (κ3) is 2.78. The van der Waals surface area contributed by atoms with Gasteiger partial charge >= 0.3 is 0 Å². The van der Waals surface area contributed by atoms with Gasteiger partial charge in [-0.15, -0.1) is 0 Å². The first-order chi connectivity index (χ1) is 9.74. The van der Waals surface area contributed by atoms with E-state index in [4.69, 9.17) is 11.6 Å². The quantitative estimate of drug-likeness (QED) is 0.832. The van der Waals surface area contributed by atoms with E-state index in [9.17, 15) is 0 Å². The Kier molecular flexibility index (Phi) is 3.88. The Morgan fingerprint density at radius 3 is 2.70 bits per heavy atom. The van der Waals surface area contributed by atoms with E-state index in [2.05, 4.69) is 52.1 Å². The van der Waals surface area contributed by atoms with Gasteiger partial charge in [-0.3, -0.25) is 4.98 Å². The minimum atomic E-state index is 0.361. The molecule has 2 aromatic rings. The van der Waals surface area contributed by atoms with E-state index in [1.807, 2.05) is 0 Å². The summed E-state index contributed by atoms with van der Waals surface area (Å²) in [7, 11) is 0. The molecule has 1 aliphatic rings. The molecule has 0 amide bonds. The van der Waals surface area contributed by atoms with Crippen LogP contribution in [-0.4, -0.2) is 16.5 Å². The van der Waals surface area contributed by atoms with Crippen molar-refractivity contribution in [1.82, 2.24) is 9.97 Å². The van der Waals surface area contributed by atoms with Crippen LogP contribution < -0.4 is 4.90 Å². The highest BCUT2D eigenvalue weighted by molar-refractivity contribution is 6.29. The molecule has 104 valence electrons. The predicted molar refractivity (Wildman–Crippen MR) is 82.0 cm³/mol. The van der Waals surface area contributed by atoms with Crippen molar-refractivity contribution < 1.29 is 0 Å². The molecule has 0 N–H and O–H groups in total. The summed E-state index contributed by atoms with van der Waals surface area (Å²) in [5.41, 5.74) is 1.33. The van der Waals surface area contributed by atoms with Crippen LogP contribution in [-0.2, 0) is 0 Å². The topological polar surface area (TPSA) is 29.0 Å². The standard InChI is InChI=1S/C16H18ClN3/c1-12-7-8-14(13-5-3-2-4-6-13)20(11-12)16-10-18-9-15(17)19-16/h2-6,9-10,12,14H,7-8,11H2,1H3. The van der Waals surface area contributed by atoms with Crippen molar-refractivity contribution in [2.24, 2.45) is 5.92 Å². The lowest BCUT2D eigenvalue weighted by atomic mass is 9.90. The zero-order valence-electron chi connectivity index (χ0n) is 11.5. The summed E-state index contributed by atoms with van der Waals surface area (Å²) >= 11 is 5.99. The molecule has 3 rings (SSSR count). The van der Waals surface area contributed by atoms with Crippen LogP contribution in [0.2, 0.25) is 5.15 Å². The second-order valence-corrected chi connectivity index (χ2v) is 5.85. The number of nitrogens with zero attached hydrogens (tertiary/aromatic N) is 3. The number of halogens is 1. The van der Waals surface area contributed by atoms with Gasteiger partial charge in [0.1, 0.15) is 11.0 Å². The normalized spacial score (nSPS) is 22.8. The molecule has 1 fully saturated rings. The second-order valence-electron chi connectivity index (χ2n) is 5.46. The van der Waals surface area contributed by atoms with Gasteiger partial charge in [-0.2, -0.15) is 0 Å². The van der Waals surface area contributed by atoms with Crippen LogP contribution >= 0.6 is 11.6 Å². The first-order valence-electron chi connectivity index (χ1n) is 7.03. The molecule has 0 radical (unpaired) electrons. The second kappa shape index (κ2) is 5.80. The average Bonchev–Trinajstić information content (AvgIpc) is 2.48. The van der Waals surface area contributed by atoms with E-state index >= 15 is 0 Å². The molecule has 1 saturated heterocycles. The van der Waals surface area contributed by atoms with E-state index in [1.54, 1.807) is 12.4 Å². The fraction of sp³-hybridized carbons (Fsp3) is 0.375. The maximum absolute atomic E-state index is 5.99. The van der Waals surface area contributed by atoms with Crippen molar-refractivity contribution in [2.75, 3.05) is 11.4 Å². The SMILES string of the molecule is CC1CCC(c2ccccc2)N(c2cncc(Cl)n2)C1. The lowest BCUT2D eigenvalue weighted by Crippen LogP contribution is -2.38. The van der Waals surface area contributed by atoms with Gasteiger partial charge in [-0.05, 0) is 24.3 Å². The summed E-state index contributed by atoms with van der Waals surface area (Å²) < 4.78 is 0. The smallest absolute Gasteiger partial charge is 0.149 e. The molecule has 1 aliphatic heterocycles. The highest BCUT2D eigenvalue weighted by Gasteiger charge is 2.28. The number of rotatable bonds is 2. The Balaban J connectivity index is 1.95. The van der Waals surface area contributed by atoms with Gasteiger partial charge in [0, 0.05) is 6.54 Å². The van der Waals surface area contributed by atoms with Crippen LogP contribution in [0, 0.1) is 5.92 Å². The van der Waals surface area contributed by atoms with Crippen LogP contribution in [0.1, 0.15) is 31.4 Å². The van der Waals surface area contributed by atoms with Crippen LogP contribution in [0.4, 0.5) is 5.82 Å². The van der Waals surface area contributed by atoms with Crippen LogP contribution in [0.5, 0.6) is 0 Å². The Labute approximate surface area is 124 Å². The summed E-state index contributed by atoms with van der Waals surface area (Å²) in [6.07, 6.45) is 5.76. The molecule has 2 heterocycles. The zero-order valence-corrected chi connectivity index (χ0v) is 12.3. The van der Waals surface area contributed by atoms with Crippen LogP contribution in [0.3, 0.4) is 0 Å². The van der Waals surface area contributed by atoms with Crippen molar-refractivity contribution in [3.8, 4) is 0 Å². The molecule has 4 heteroatoms. The molecule has 20 heavy (non-hydrogen) atoms. The first kappa shape index (κ1) is 13.4. The molecule has 0 aliphatic carbocycles. The Morgan fingerprint density at radius 2 is 1.95 bits per heavy atom.